The minimum atomic E-state index is -1.65. The molecular formula is C34H41N3O5. The first-order chi connectivity index (χ1) is 19.6. The van der Waals surface area contributed by atoms with Gasteiger partial charge in [-0.15, -0.1) is 0 Å². The number of pyridine rings is 2. The van der Waals surface area contributed by atoms with Crippen molar-refractivity contribution in [2.45, 2.75) is 67.1 Å². The van der Waals surface area contributed by atoms with E-state index in [-0.39, 0.29) is 18.1 Å². The molecule has 0 bridgehead atoms. The van der Waals surface area contributed by atoms with Crippen LogP contribution in [-0.4, -0.2) is 44.7 Å². The van der Waals surface area contributed by atoms with Crippen LogP contribution in [0, 0.1) is 10.8 Å². The maximum atomic E-state index is 14.0. The van der Waals surface area contributed by atoms with Gasteiger partial charge in [-0.25, -0.2) is 4.98 Å². The average Bonchev–Trinajstić information content (AvgIpc) is 3.24. The number of ether oxygens (including phenoxy) is 1. The van der Waals surface area contributed by atoms with Crippen LogP contribution < -0.4 is 10.1 Å². The lowest BCUT2D eigenvalue weighted by Crippen LogP contribution is -2.33. The molecule has 42 heavy (non-hydrogen) atoms. The van der Waals surface area contributed by atoms with Crippen molar-refractivity contribution in [3.05, 3.63) is 83.3 Å². The van der Waals surface area contributed by atoms with Gasteiger partial charge in [-0.3, -0.25) is 9.59 Å². The quantitative estimate of drug-likeness (QED) is 0.156. The number of fused-ring (bicyclic) bond motifs is 1. The Kier molecular flexibility index (Phi) is 8.62. The highest BCUT2D eigenvalue weighted by molar-refractivity contribution is 6.13. The van der Waals surface area contributed by atoms with Crippen LogP contribution >= 0.6 is 0 Å². The summed E-state index contributed by atoms with van der Waals surface area (Å²) in [6.07, 6.45) is 2.00. The highest BCUT2D eigenvalue weighted by Gasteiger charge is 2.37. The van der Waals surface area contributed by atoms with E-state index in [4.69, 9.17) is 4.74 Å². The van der Waals surface area contributed by atoms with Crippen LogP contribution in [0.5, 0.6) is 5.88 Å². The fraction of sp³-hybridized carbons (Fsp3) is 0.382. The summed E-state index contributed by atoms with van der Waals surface area (Å²) in [7, 11) is 1.57. The first-order valence-electron chi connectivity index (χ1n) is 14.1. The summed E-state index contributed by atoms with van der Waals surface area (Å²) in [5.74, 6) is 0.223. The molecule has 1 amide bonds. The molecule has 0 atom stereocenters. The minimum Gasteiger partial charge on any atom is -0.481 e. The molecule has 1 aromatic carbocycles. The second kappa shape index (κ2) is 11.7. The minimum absolute atomic E-state index is 0.104. The number of benzene rings is 1. The zero-order valence-corrected chi connectivity index (χ0v) is 25.6. The number of Topliss-reactive ketones (excluding diaryl/α,β-unsaturated/α-hetero) is 1. The molecule has 0 saturated heterocycles. The molecule has 0 radical (unpaired) electrons. The molecule has 0 saturated carbocycles. The van der Waals surface area contributed by atoms with E-state index < -0.39 is 23.0 Å². The molecule has 222 valence electrons. The van der Waals surface area contributed by atoms with Crippen molar-refractivity contribution in [2.24, 2.45) is 10.8 Å². The first-order valence-corrected chi connectivity index (χ1v) is 14.1. The lowest BCUT2D eigenvalue weighted by atomic mass is 9.79. The Morgan fingerprint density at radius 3 is 2.14 bits per heavy atom. The lowest BCUT2D eigenvalue weighted by Gasteiger charge is -2.28. The van der Waals surface area contributed by atoms with Gasteiger partial charge in [0.25, 0.3) is 5.91 Å². The molecule has 4 aromatic rings. The first kappa shape index (κ1) is 30.9. The molecule has 0 aliphatic rings. The summed E-state index contributed by atoms with van der Waals surface area (Å²) in [5, 5.41) is 23.4. The maximum absolute atomic E-state index is 14.0. The van der Waals surface area contributed by atoms with E-state index in [1.807, 2.05) is 69.4 Å². The average molecular weight is 572 g/mol. The number of nitrogens with one attached hydrogen (secondary N) is 1. The number of hydrogen-bond acceptors (Lipinski definition) is 6. The van der Waals surface area contributed by atoms with E-state index in [0.717, 1.165) is 16.7 Å². The molecule has 3 N–H and O–H groups in total. The van der Waals surface area contributed by atoms with E-state index in [9.17, 15) is 19.8 Å². The normalized spacial score (nSPS) is 12.3. The summed E-state index contributed by atoms with van der Waals surface area (Å²) < 4.78 is 6.89. The van der Waals surface area contributed by atoms with E-state index in [2.05, 4.69) is 24.1 Å². The van der Waals surface area contributed by atoms with E-state index in [1.165, 1.54) is 0 Å². The van der Waals surface area contributed by atoms with Gasteiger partial charge in [0.1, 0.15) is 5.69 Å². The SMILES string of the molecule is COc1ccc(-c2ccc(NC(=O)c3c(CC(C)(C)C(O)O)c(C(=O)C(C)(C)C)c4cc(C(C)C)ccn34)cc2)cn1. The van der Waals surface area contributed by atoms with Gasteiger partial charge < -0.3 is 24.7 Å². The third kappa shape index (κ3) is 6.25. The zero-order valence-electron chi connectivity index (χ0n) is 25.6. The van der Waals surface area contributed by atoms with Crippen LogP contribution in [0.15, 0.2) is 60.9 Å². The second-order valence-electron chi connectivity index (χ2n) is 12.8. The standard InChI is InChI=1S/C34H41N3O5/c1-20(2)22-15-16-37-26(17-22)28(30(38)33(3,4)5)25(18-34(6,7)32(40)41)29(37)31(39)36-24-12-9-21(10-13-24)23-11-14-27(42-8)35-19-23/h9-17,19-20,32,40-41H,18H2,1-8H3,(H,36,39). The Morgan fingerprint density at radius 1 is 0.976 bits per heavy atom. The largest absolute Gasteiger partial charge is 0.481 e. The number of aromatic nitrogens is 2. The number of methoxy groups -OCH3 is 1. The number of aliphatic hydroxyl groups excluding tert-OH is 1. The van der Waals surface area contributed by atoms with Crippen molar-refractivity contribution in [1.29, 1.82) is 0 Å². The summed E-state index contributed by atoms with van der Waals surface area (Å²) >= 11 is 0. The number of amides is 1. The van der Waals surface area contributed by atoms with Gasteiger partial charge in [-0.1, -0.05) is 60.6 Å². The van der Waals surface area contributed by atoms with Gasteiger partial charge in [-0.05, 0) is 59.4 Å². The fourth-order valence-electron chi connectivity index (χ4n) is 4.88. The Morgan fingerprint density at radius 2 is 1.62 bits per heavy atom. The molecule has 0 aliphatic heterocycles. The molecule has 3 heterocycles. The molecule has 3 aromatic heterocycles. The van der Waals surface area contributed by atoms with Crippen molar-refractivity contribution in [2.75, 3.05) is 12.4 Å². The highest BCUT2D eigenvalue weighted by atomic mass is 16.5. The topological polar surface area (TPSA) is 113 Å². The highest BCUT2D eigenvalue weighted by Crippen LogP contribution is 2.37. The monoisotopic (exact) mass is 571 g/mol. The molecule has 0 fully saturated rings. The van der Waals surface area contributed by atoms with Crippen LogP contribution in [0.3, 0.4) is 0 Å². The van der Waals surface area contributed by atoms with Gasteiger partial charge in [-0.2, -0.15) is 0 Å². The maximum Gasteiger partial charge on any atom is 0.272 e. The summed E-state index contributed by atoms with van der Waals surface area (Å²) in [6.45, 7) is 13.1. The van der Waals surface area contributed by atoms with Gasteiger partial charge in [0.2, 0.25) is 5.88 Å². The molecule has 0 spiro atoms. The molecule has 0 aliphatic carbocycles. The van der Waals surface area contributed by atoms with E-state index in [0.29, 0.717) is 33.9 Å². The van der Waals surface area contributed by atoms with E-state index >= 15 is 0 Å². The third-order valence-corrected chi connectivity index (χ3v) is 7.61. The van der Waals surface area contributed by atoms with Crippen LogP contribution in [0.1, 0.15) is 86.4 Å². The van der Waals surface area contributed by atoms with Crippen molar-refractivity contribution in [3.63, 3.8) is 0 Å². The summed E-state index contributed by atoms with van der Waals surface area (Å²) in [4.78, 5) is 32.3. The Balaban J connectivity index is 1.83. The lowest BCUT2D eigenvalue weighted by molar-refractivity contribution is -0.121. The molecule has 8 heteroatoms. The van der Waals surface area contributed by atoms with Crippen LogP contribution in [0.2, 0.25) is 0 Å². The Labute approximate surface area is 247 Å². The van der Waals surface area contributed by atoms with Crippen molar-refractivity contribution in [3.8, 4) is 17.0 Å². The predicted molar refractivity (Wildman–Crippen MR) is 165 cm³/mol. The van der Waals surface area contributed by atoms with Gasteiger partial charge in [0.15, 0.2) is 12.1 Å². The smallest absolute Gasteiger partial charge is 0.272 e. The molecule has 8 nitrogen and oxygen atoms in total. The number of hydrogen-bond donors (Lipinski definition) is 3. The summed E-state index contributed by atoms with van der Waals surface area (Å²) in [5.41, 5.74) is 3.55. The third-order valence-electron chi connectivity index (χ3n) is 7.61. The fourth-order valence-corrected chi connectivity index (χ4v) is 4.88. The number of ketones is 1. The number of aliphatic hydroxyl groups is 2. The van der Waals surface area contributed by atoms with Crippen molar-refractivity contribution < 1.29 is 24.5 Å². The Hall–Kier alpha value is -4.01. The number of rotatable bonds is 9. The van der Waals surface area contributed by atoms with Crippen molar-refractivity contribution in [1.82, 2.24) is 9.38 Å². The van der Waals surface area contributed by atoms with Gasteiger partial charge in [0, 0.05) is 46.1 Å². The number of anilines is 1. The molecule has 0 unspecified atom stereocenters. The van der Waals surface area contributed by atoms with E-state index in [1.54, 1.807) is 37.6 Å². The molecular weight excluding hydrogens is 530 g/mol. The summed E-state index contributed by atoms with van der Waals surface area (Å²) in [6, 6.07) is 15.0. The second-order valence-corrected chi connectivity index (χ2v) is 12.8. The number of nitrogens with zero attached hydrogens (tertiary/aromatic N) is 2. The Bertz CT molecular complexity index is 1590. The number of carbonyl (C=O) groups is 2. The molecule has 4 rings (SSSR count). The van der Waals surface area contributed by atoms with Crippen LogP contribution in [0.25, 0.3) is 16.6 Å². The predicted octanol–water partition coefficient (Wildman–Crippen LogP) is 6.49. The number of carbonyl (C=O) groups excluding carboxylic acids is 2. The van der Waals surface area contributed by atoms with Crippen LogP contribution in [0.4, 0.5) is 5.69 Å². The van der Waals surface area contributed by atoms with Gasteiger partial charge >= 0.3 is 0 Å². The van der Waals surface area contributed by atoms with Gasteiger partial charge in [0.05, 0.1) is 12.6 Å². The van der Waals surface area contributed by atoms with Crippen LogP contribution in [-0.2, 0) is 6.42 Å². The zero-order chi connectivity index (χ0) is 31.0. The van der Waals surface area contributed by atoms with Crippen molar-refractivity contribution >= 4 is 22.9 Å².